The highest BCUT2D eigenvalue weighted by Gasteiger charge is 2.11. The number of amides is 1. The highest BCUT2D eigenvalue weighted by molar-refractivity contribution is 5.95. The van der Waals surface area contributed by atoms with Gasteiger partial charge in [0.25, 0.3) is 5.91 Å². The van der Waals surface area contributed by atoms with Crippen LogP contribution in [-0.4, -0.2) is 19.2 Å². The lowest BCUT2D eigenvalue weighted by Gasteiger charge is -2.12. The first-order valence-electron chi connectivity index (χ1n) is 11.3. The van der Waals surface area contributed by atoms with E-state index in [1.165, 1.54) is 19.4 Å². The van der Waals surface area contributed by atoms with E-state index in [1.54, 1.807) is 54.6 Å². The molecule has 0 fully saturated rings. The number of nitrogens with zero attached hydrogens (tertiary/aromatic N) is 1. The fraction of sp³-hybridized carbons (Fsp3) is 0.103. The van der Waals surface area contributed by atoms with Crippen molar-refractivity contribution in [2.45, 2.75) is 13.2 Å². The zero-order valence-corrected chi connectivity index (χ0v) is 19.7. The number of ether oxygens (including phenoxy) is 3. The summed E-state index contributed by atoms with van der Waals surface area (Å²) in [6.07, 6.45) is 1.50. The Morgan fingerprint density at radius 1 is 0.861 bits per heavy atom. The van der Waals surface area contributed by atoms with Crippen molar-refractivity contribution >= 4 is 12.1 Å². The third-order valence-corrected chi connectivity index (χ3v) is 5.25. The van der Waals surface area contributed by atoms with Gasteiger partial charge < -0.3 is 14.2 Å². The number of rotatable bonds is 10. The Labute approximate surface area is 209 Å². The minimum atomic E-state index is -0.397. The second-order valence-electron chi connectivity index (χ2n) is 7.79. The van der Waals surface area contributed by atoms with E-state index >= 15 is 0 Å². The minimum absolute atomic E-state index is 0.108. The molecule has 0 aromatic heterocycles. The predicted octanol–water partition coefficient (Wildman–Crippen LogP) is 5.76. The van der Waals surface area contributed by atoms with Crippen LogP contribution in [0.5, 0.6) is 17.2 Å². The van der Waals surface area contributed by atoms with E-state index in [4.69, 9.17) is 14.2 Å². The smallest absolute Gasteiger partial charge is 0.271 e. The molecule has 0 spiro atoms. The maximum atomic E-state index is 13.8. The number of benzene rings is 4. The number of hydrogen-bond donors (Lipinski definition) is 1. The molecule has 4 rings (SSSR count). The van der Waals surface area contributed by atoms with Crippen LogP contribution in [0.2, 0.25) is 0 Å². The third kappa shape index (κ3) is 6.70. The Kier molecular flexibility index (Phi) is 8.27. The number of hydrazone groups is 1. The molecule has 0 atom stereocenters. The van der Waals surface area contributed by atoms with Crippen molar-refractivity contribution in [1.29, 1.82) is 0 Å². The van der Waals surface area contributed by atoms with E-state index in [0.29, 0.717) is 40.5 Å². The lowest BCUT2D eigenvalue weighted by molar-refractivity contribution is 0.0954. The van der Waals surface area contributed by atoms with Crippen LogP contribution in [0.25, 0.3) is 0 Å². The zero-order chi connectivity index (χ0) is 25.2. The summed E-state index contributed by atoms with van der Waals surface area (Å²) in [5, 5.41) is 4.03. The predicted molar refractivity (Wildman–Crippen MR) is 136 cm³/mol. The standard InChI is InChI=1S/C29H25FN2O4/c1-34-28-17-23(14-15-27(28)36-19-21-8-3-2-4-9-21)29(33)32-31-18-22-10-7-12-25(16-22)35-20-24-11-5-6-13-26(24)30/h2-18H,19-20H2,1H3,(H,32,33)/b31-18+. The van der Waals surface area contributed by atoms with Gasteiger partial charge in [-0.25, -0.2) is 9.82 Å². The molecule has 0 aliphatic heterocycles. The molecular formula is C29H25FN2O4. The molecule has 182 valence electrons. The summed E-state index contributed by atoms with van der Waals surface area (Å²) in [6, 6.07) is 28.3. The first-order chi connectivity index (χ1) is 17.6. The lowest BCUT2D eigenvalue weighted by atomic mass is 10.2. The summed E-state index contributed by atoms with van der Waals surface area (Å²) in [7, 11) is 1.52. The molecule has 7 heteroatoms. The molecule has 36 heavy (non-hydrogen) atoms. The van der Waals surface area contributed by atoms with Gasteiger partial charge in [0.15, 0.2) is 11.5 Å². The van der Waals surface area contributed by atoms with Gasteiger partial charge in [0.05, 0.1) is 13.3 Å². The van der Waals surface area contributed by atoms with Crippen molar-refractivity contribution in [2.75, 3.05) is 7.11 Å². The molecule has 0 aliphatic carbocycles. The molecule has 0 bridgehead atoms. The van der Waals surface area contributed by atoms with Crippen LogP contribution in [0.1, 0.15) is 27.0 Å². The van der Waals surface area contributed by atoms with Gasteiger partial charge in [0, 0.05) is 11.1 Å². The van der Waals surface area contributed by atoms with E-state index in [9.17, 15) is 9.18 Å². The second kappa shape index (κ2) is 12.2. The highest BCUT2D eigenvalue weighted by atomic mass is 19.1. The van der Waals surface area contributed by atoms with Gasteiger partial charge in [-0.05, 0) is 47.5 Å². The number of halogens is 1. The summed E-state index contributed by atoms with van der Waals surface area (Å²) in [6.45, 7) is 0.493. The minimum Gasteiger partial charge on any atom is -0.493 e. The Morgan fingerprint density at radius 2 is 1.67 bits per heavy atom. The van der Waals surface area contributed by atoms with Gasteiger partial charge in [-0.3, -0.25) is 4.79 Å². The summed E-state index contributed by atoms with van der Waals surface area (Å²) in [5.41, 5.74) is 5.08. The van der Waals surface area contributed by atoms with Gasteiger partial charge >= 0.3 is 0 Å². The molecule has 1 amide bonds. The van der Waals surface area contributed by atoms with Crippen LogP contribution < -0.4 is 19.6 Å². The van der Waals surface area contributed by atoms with Crippen LogP contribution in [0.4, 0.5) is 4.39 Å². The fourth-order valence-electron chi connectivity index (χ4n) is 3.35. The number of carbonyl (C=O) groups excluding carboxylic acids is 1. The SMILES string of the molecule is COc1cc(C(=O)N/N=C/c2cccc(OCc3ccccc3F)c2)ccc1OCc1ccccc1. The van der Waals surface area contributed by atoms with Crippen molar-refractivity contribution in [3.8, 4) is 17.2 Å². The van der Waals surface area contributed by atoms with E-state index < -0.39 is 5.91 Å². The average Bonchev–Trinajstić information content (AvgIpc) is 2.92. The van der Waals surface area contributed by atoms with Crippen molar-refractivity contribution in [3.05, 3.63) is 125 Å². The second-order valence-corrected chi connectivity index (χ2v) is 7.79. The maximum Gasteiger partial charge on any atom is 0.271 e. The monoisotopic (exact) mass is 484 g/mol. The topological polar surface area (TPSA) is 69.2 Å². The van der Waals surface area contributed by atoms with Crippen molar-refractivity contribution in [3.63, 3.8) is 0 Å². The summed E-state index contributed by atoms with van der Waals surface area (Å²) in [5.74, 6) is 0.830. The summed E-state index contributed by atoms with van der Waals surface area (Å²) in [4.78, 5) is 12.6. The van der Waals surface area contributed by atoms with Gasteiger partial charge in [0.2, 0.25) is 0 Å². The molecule has 4 aromatic carbocycles. The largest absolute Gasteiger partial charge is 0.493 e. The van der Waals surface area contributed by atoms with Crippen LogP contribution >= 0.6 is 0 Å². The third-order valence-electron chi connectivity index (χ3n) is 5.25. The normalized spacial score (nSPS) is 10.7. The van der Waals surface area contributed by atoms with Gasteiger partial charge in [0.1, 0.15) is 24.8 Å². The Bertz CT molecular complexity index is 1340. The Morgan fingerprint density at radius 3 is 2.47 bits per heavy atom. The van der Waals surface area contributed by atoms with Crippen molar-refractivity contribution in [2.24, 2.45) is 5.10 Å². The lowest BCUT2D eigenvalue weighted by Crippen LogP contribution is -2.17. The molecule has 1 N–H and O–H groups in total. The van der Waals surface area contributed by atoms with Crippen molar-refractivity contribution < 1.29 is 23.4 Å². The first kappa shape index (κ1) is 24.5. The van der Waals surface area contributed by atoms with Gasteiger partial charge in [-0.2, -0.15) is 5.10 Å². The van der Waals surface area contributed by atoms with Crippen LogP contribution in [0, 0.1) is 5.82 Å². The fourth-order valence-corrected chi connectivity index (χ4v) is 3.35. The van der Waals surface area contributed by atoms with Crippen molar-refractivity contribution in [1.82, 2.24) is 5.43 Å². The van der Waals surface area contributed by atoms with Crippen LogP contribution in [0.15, 0.2) is 102 Å². The van der Waals surface area contributed by atoms with E-state index in [0.717, 1.165) is 5.56 Å². The average molecular weight is 485 g/mol. The number of nitrogens with one attached hydrogen (secondary N) is 1. The first-order valence-corrected chi connectivity index (χ1v) is 11.3. The molecular weight excluding hydrogens is 459 g/mol. The van der Waals surface area contributed by atoms with E-state index in [2.05, 4.69) is 10.5 Å². The molecule has 4 aromatic rings. The van der Waals surface area contributed by atoms with Crippen LogP contribution in [0.3, 0.4) is 0 Å². The Hall–Kier alpha value is -4.65. The summed E-state index contributed by atoms with van der Waals surface area (Å²) < 4.78 is 30.7. The van der Waals surface area contributed by atoms with E-state index in [1.807, 2.05) is 36.4 Å². The number of methoxy groups -OCH3 is 1. The molecule has 0 unspecified atom stereocenters. The van der Waals surface area contributed by atoms with E-state index in [-0.39, 0.29) is 12.4 Å². The molecule has 0 radical (unpaired) electrons. The number of hydrogen-bond acceptors (Lipinski definition) is 5. The molecule has 0 heterocycles. The van der Waals surface area contributed by atoms with Gasteiger partial charge in [-0.1, -0.05) is 60.7 Å². The highest BCUT2D eigenvalue weighted by Crippen LogP contribution is 2.29. The zero-order valence-electron chi connectivity index (χ0n) is 19.7. The summed E-state index contributed by atoms with van der Waals surface area (Å²) >= 11 is 0. The number of carbonyl (C=O) groups is 1. The van der Waals surface area contributed by atoms with Gasteiger partial charge in [-0.15, -0.1) is 0 Å². The maximum absolute atomic E-state index is 13.8. The van der Waals surface area contributed by atoms with Crippen LogP contribution in [-0.2, 0) is 13.2 Å². The molecule has 0 saturated carbocycles. The molecule has 0 saturated heterocycles. The quantitative estimate of drug-likeness (QED) is 0.230. The molecule has 0 aliphatic rings. The molecule has 6 nitrogen and oxygen atoms in total. The Balaban J connectivity index is 1.34.